The standard InChI is InChI=1S/C22H20Cl2N6O4/c1-33-16-4-17(34-2)21(24)19(20(16)23)15-3-14-13(6-25-15)22(28-27-14)11-5-26-30(7-11)10-18(32)29-8-12(31)9-29/h3-7,12,31H,8-10H2,1-2H3,(H,27,28). The number of hydrogen-bond acceptors (Lipinski definition) is 7. The van der Waals surface area contributed by atoms with Gasteiger partial charge in [-0.05, 0) is 6.07 Å². The Morgan fingerprint density at radius 1 is 1.18 bits per heavy atom. The van der Waals surface area contributed by atoms with Crippen LogP contribution in [0.15, 0.2) is 30.7 Å². The third-order valence-electron chi connectivity index (χ3n) is 5.70. The van der Waals surface area contributed by atoms with E-state index >= 15 is 0 Å². The van der Waals surface area contributed by atoms with Crippen molar-refractivity contribution in [3.8, 4) is 34.0 Å². The number of likely N-dealkylation sites (tertiary alicyclic amines) is 1. The van der Waals surface area contributed by atoms with Gasteiger partial charge in [-0.1, -0.05) is 23.2 Å². The number of aliphatic hydroxyl groups is 1. The van der Waals surface area contributed by atoms with Gasteiger partial charge in [0.2, 0.25) is 5.91 Å². The van der Waals surface area contributed by atoms with Crippen molar-refractivity contribution in [2.24, 2.45) is 0 Å². The van der Waals surface area contributed by atoms with Crippen LogP contribution in [0.1, 0.15) is 0 Å². The molecule has 1 amide bonds. The Bertz CT molecular complexity index is 1370. The number of carbonyl (C=O) groups excluding carboxylic acids is 1. The molecule has 0 spiro atoms. The fourth-order valence-electron chi connectivity index (χ4n) is 3.85. The number of methoxy groups -OCH3 is 2. The summed E-state index contributed by atoms with van der Waals surface area (Å²) >= 11 is 13.1. The predicted molar refractivity (Wildman–Crippen MR) is 126 cm³/mol. The van der Waals surface area contributed by atoms with E-state index in [1.165, 1.54) is 14.2 Å². The fourth-order valence-corrected chi connectivity index (χ4v) is 4.54. The SMILES string of the molecule is COc1cc(OC)c(Cl)c(-c2cc3[nH]nc(-c4cnn(CC(=O)N5CC(O)C5)c4)c3cn2)c1Cl. The lowest BCUT2D eigenvalue weighted by Crippen LogP contribution is -2.54. The zero-order valence-electron chi connectivity index (χ0n) is 18.2. The normalized spacial score (nSPS) is 13.9. The molecule has 0 radical (unpaired) electrons. The molecule has 1 saturated heterocycles. The van der Waals surface area contributed by atoms with Crippen molar-refractivity contribution in [2.45, 2.75) is 12.6 Å². The van der Waals surface area contributed by atoms with Crippen molar-refractivity contribution in [3.63, 3.8) is 0 Å². The van der Waals surface area contributed by atoms with Gasteiger partial charge in [0, 0.05) is 48.1 Å². The number of nitrogens with one attached hydrogen (secondary N) is 1. The number of pyridine rings is 1. The molecule has 34 heavy (non-hydrogen) atoms. The molecule has 10 nitrogen and oxygen atoms in total. The molecule has 0 saturated carbocycles. The summed E-state index contributed by atoms with van der Waals surface area (Å²) in [5.74, 6) is 0.736. The van der Waals surface area contributed by atoms with Crippen molar-refractivity contribution in [1.29, 1.82) is 0 Å². The van der Waals surface area contributed by atoms with E-state index in [1.54, 1.807) is 40.3 Å². The molecule has 4 heterocycles. The number of ether oxygens (including phenoxy) is 2. The van der Waals surface area contributed by atoms with Gasteiger partial charge in [-0.15, -0.1) is 0 Å². The van der Waals surface area contributed by atoms with E-state index in [-0.39, 0.29) is 12.5 Å². The number of halogens is 2. The third kappa shape index (κ3) is 3.83. The monoisotopic (exact) mass is 502 g/mol. The van der Waals surface area contributed by atoms with Crippen molar-refractivity contribution < 1.29 is 19.4 Å². The van der Waals surface area contributed by atoms with Crippen LogP contribution in [0.5, 0.6) is 11.5 Å². The molecule has 1 fully saturated rings. The summed E-state index contributed by atoms with van der Waals surface area (Å²) < 4.78 is 12.2. The quantitative estimate of drug-likeness (QED) is 0.415. The number of aromatic nitrogens is 5. The average molecular weight is 503 g/mol. The molecule has 0 bridgehead atoms. The van der Waals surface area contributed by atoms with Crippen LogP contribution in [-0.2, 0) is 11.3 Å². The van der Waals surface area contributed by atoms with Crippen LogP contribution in [0.2, 0.25) is 10.0 Å². The second-order valence-corrected chi connectivity index (χ2v) is 8.61. The summed E-state index contributed by atoms with van der Waals surface area (Å²) in [5.41, 5.74) is 3.10. The number of aliphatic hydroxyl groups excluding tert-OH is 1. The van der Waals surface area contributed by atoms with Crippen LogP contribution in [0.3, 0.4) is 0 Å². The van der Waals surface area contributed by atoms with Crippen LogP contribution in [0.4, 0.5) is 0 Å². The van der Waals surface area contributed by atoms with Crippen LogP contribution >= 0.6 is 23.2 Å². The maximum Gasteiger partial charge on any atom is 0.244 e. The van der Waals surface area contributed by atoms with Crippen molar-refractivity contribution in [2.75, 3.05) is 27.3 Å². The maximum atomic E-state index is 12.2. The lowest BCUT2D eigenvalue weighted by molar-refractivity contribution is -0.142. The topological polar surface area (TPSA) is 118 Å². The second-order valence-electron chi connectivity index (χ2n) is 7.85. The van der Waals surface area contributed by atoms with Crippen molar-refractivity contribution >= 4 is 40.0 Å². The molecule has 3 aromatic heterocycles. The average Bonchev–Trinajstić information content (AvgIpc) is 3.43. The number of amides is 1. The number of β-amino-alcohol motifs (C(OH)–C–C–N with tert-alkyl or cyclic N) is 1. The summed E-state index contributed by atoms with van der Waals surface area (Å²) in [4.78, 5) is 18.4. The maximum absolute atomic E-state index is 12.2. The number of nitrogens with zero attached hydrogens (tertiary/aromatic N) is 5. The Balaban J connectivity index is 1.46. The highest BCUT2D eigenvalue weighted by Crippen LogP contribution is 2.45. The highest BCUT2D eigenvalue weighted by atomic mass is 35.5. The molecular formula is C22H20Cl2N6O4. The van der Waals surface area contributed by atoms with Crippen molar-refractivity contribution in [1.82, 2.24) is 29.9 Å². The highest BCUT2D eigenvalue weighted by Gasteiger charge is 2.29. The summed E-state index contributed by atoms with van der Waals surface area (Å²) in [6, 6.07) is 3.41. The minimum absolute atomic E-state index is 0.0894. The zero-order valence-corrected chi connectivity index (χ0v) is 19.8. The first kappa shape index (κ1) is 22.5. The molecular weight excluding hydrogens is 483 g/mol. The molecule has 12 heteroatoms. The lowest BCUT2D eigenvalue weighted by Gasteiger charge is -2.35. The fraction of sp³-hybridized carbons (Fsp3) is 0.273. The van der Waals surface area contributed by atoms with Gasteiger partial charge >= 0.3 is 0 Å². The number of H-pyrrole nitrogens is 1. The van der Waals surface area contributed by atoms with Gasteiger partial charge in [0.05, 0.1) is 47.8 Å². The van der Waals surface area contributed by atoms with E-state index < -0.39 is 6.10 Å². The molecule has 1 aliphatic rings. The first-order valence-corrected chi connectivity index (χ1v) is 11.1. The molecule has 0 unspecified atom stereocenters. The Morgan fingerprint density at radius 2 is 1.88 bits per heavy atom. The first-order valence-electron chi connectivity index (χ1n) is 10.3. The van der Waals surface area contributed by atoms with Crippen molar-refractivity contribution in [3.05, 3.63) is 40.8 Å². The second kappa shape index (κ2) is 8.79. The number of carbonyl (C=O) groups is 1. The summed E-state index contributed by atoms with van der Waals surface area (Å²) in [7, 11) is 3.02. The van der Waals surface area contributed by atoms with E-state index in [2.05, 4.69) is 20.3 Å². The van der Waals surface area contributed by atoms with E-state index in [1.807, 2.05) is 0 Å². The van der Waals surface area contributed by atoms with Gasteiger partial charge in [-0.25, -0.2) is 0 Å². The van der Waals surface area contributed by atoms with Crippen LogP contribution in [0.25, 0.3) is 33.4 Å². The molecule has 5 rings (SSSR count). The zero-order chi connectivity index (χ0) is 24.0. The number of hydrogen-bond donors (Lipinski definition) is 2. The minimum Gasteiger partial charge on any atom is -0.495 e. The van der Waals surface area contributed by atoms with Gasteiger partial charge in [-0.2, -0.15) is 10.2 Å². The van der Waals surface area contributed by atoms with E-state index in [0.717, 1.165) is 10.9 Å². The third-order valence-corrected chi connectivity index (χ3v) is 6.45. The molecule has 4 aromatic rings. The van der Waals surface area contributed by atoms with Gasteiger partial charge in [-0.3, -0.25) is 19.6 Å². The number of aromatic amines is 1. The van der Waals surface area contributed by atoms with Crippen LogP contribution < -0.4 is 9.47 Å². The Kier molecular flexibility index (Phi) is 5.80. The lowest BCUT2D eigenvalue weighted by atomic mass is 10.1. The molecule has 1 aliphatic heterocycles. The largest absolute Gasteiger partial charge is 0.495 e. The predicted octanol–water partition coefficient (Wildman–Crippen LogP) is 3.02. The highest BCUT2D eigenvalue weighted by molar-refractivity contribution is 6.41. The minimum atomic E-state index is -0.437. The number of benzene rings is 1. The van der Waals surface area contributed by atoms with E-state index in [9.17, 15) is 9.90 Å². The summed E-state index contributed by atoms with van der Waals surface area (Å²) in [5, 5.41) is 22.5. The molecule has 0 aliphatic carbocycles. The van der Waals surface area contributed by atoms with Gasteiger partial charge in [0.25, 0.3) is 0 Å². The van der Waals surface area contributed by atoms with Crippen LogP contribution in [-0.4, -0.2) is 74.3 Å². The Labute approximate surface area is 204 Å². The first-order chi connectivity index (χ1) is 16.4. The van der Waals surface area contributed by atoms with E-state index in [4.69, 9.17) is 32.7 Å². The summed E-state index contributed by atoms with van der Waals surface area (Å²) in [6.07, 6.45) is 4.63. The van der Waals surface area contributed by atoms with Gasteiger partial charge in [0.15, 0.2) is 0 Å². The smallest absolute Gasteiger partial charge is 0.244 e. The number of rotatable bonds is 6. The van der Waals surface area contributed by atoms with Gasteiger partial charge < -0.3 is 19.5 Å². The Morgan fingerprint density at radius 3 is 2.53 bits per heavy atom. The molecule has 1 aromatic carbocycles. The molecule has 2 N–H and O–H groups in total. The van der Waals surface area contributed by atoms with Gasteiger partial charge in [0.1, 0.15) is 23.7 Å². The molecule has 0 atom stereocenters. The van der Waals surface area contributed by atoms with E-state index in [0.29, 0.717) is 57.1 Å². The molecule has 176 valence electrons. The summed E-state index contributed by atoms with van der Waals surface area (Å²) in [6.45, 7) is 0.808. The Hall–Kier alpha value is -3.34. The van der Waals surface area contributed by atoms with Crippen LogP contribution in [0, 0.1) is 0 Å². The number of fused-ring (bicyclic) bond motifs is 1.